The van der Waals surface area contributed by atoms with Crippen molar-refractivity contribution in [2.24, 2.45) is 5.92 Å². The van der Waals surface area contributed by atoms with Crippen LogP contribution in [0.4, 0.5) is 4.39 Å². The van der Waals surface area contributed by atoms with Gasteiger partial charge in [0, 0.05) is 12.3 Å². The standard InChI is InChI=1S/C16H13FO/c17-13-5-1-4-12(9-13)15-6-2-3-11-7-8-14(18)10-16(11)15/h1-6,9-11H,7-8H2. The molecule has 1 atom stereocenters. The molecule has 1 unspecified atom stereocenters. The number of fused-ring (bicyclic) bond motifs is 1. The summed E-state index contributed by atoms with van der Waals surface area (Å²) in [5.41, 5.74) is 2.83. The second-order valence-electron chi connectivity index (χ2n) is 4.69. The Bertz CT molecular complexity index is 593. The van der Waals surface area contributed by atoms with Crippen molar-refractivity contribution in [2.75, 3.05) is 0 Å². The minimum absolute atomic E-state index is 0.166. The van der Waals surface area contributed by atoms with E-state index in [1.165, 1.54) is 12.1 Å². The van der Waals surface area contributed by atoms with E-state index in [-0.39, 0.29) is 11.6 Å². The average molecular weight is 240 g/mol. The molecule has 0 N–H and O–H groups in total. The fourth-order valence-electron chi connectivity index (χ4n) is 2.58. The van der Waals surface area contributed by atoms with E-state index in [0.29, 0.717) is 12.3 Å². The second-order valence-corrected chi connectivity index (χ2v) is 4.69. The number of allylic oxidation sites excluding steroid dienone is 6. The summed E-state index contributed by atoms with van der Waals surface area (Å²) in [5, 5.41) is 0. The van der Waals surface area contributed by atoms with Gasteiger partial charge in [-0.15, -0.1) is 0 Å². The van der Waals surface area contributed by atoms with Crippen molar-refractivity contribution in [2.45, 2.75) is 12.8 Å². The Morgan fingerprint density at radius 3 is 3.00 bits per heavy atom. The zero-order chi connectivity index (χ0) is 12.5. The normalized spacial score (nSPS) is 22.3. The summed E-state index contributed by atoms with van der Waals surface area (Å²) in [6, 6.07) is 6.53. The van der Waals surface area contributed by atoms with E-state index in [9.17, 15) is 9.18 Å². The Morgan fingerprint density at radius 1 is 1.28 bits per heavy atom. The molecule has 0 bridgehead atoms. The highest BCUT2D eigenvalue weighted by Gasteiger charge is 2.24. The van der Waals surface area contributed by atoms with Gasteiger partial charge in [0.05, 0.1) is 0 Å². The van der Waals surface area contributed by atoms with Gasteiger partial charge in [-0.05, 0) is 41.3 Å². The van der Waals surface area contributed by atoms with Crippen LogP contribution in [0.2, 0.25) is 0 Å². The number of carbonyl (C=O) groups excluding carboxylic acids is 1. The molecular weight excluding hydrogens is 227 g/mol. The topological polar surface area (TPSA) is 17.1 Å². The van der Waals surface area contributed by atoms with Crippen LogP contribution in [0.5, 0.6) is 0 Å². The fourth-order valence-corrected chi connectivity index (χ4v) is 2.58. The van der Waals surface area contributed by atoms with E-state index in [1.54, 1.807) is 12.1 Å². The third kappa shape index (κ3) is 1.94. The summed E-state index contributed by atoms with van der Waals surface area (Å²) in [4.78, 5) is 11.6. The SMILES string of the molecule is O=C1C=C2C(c3cccc(F)c3)=CC=CC2CC1. The maximum Gasteiger partial charge on any atom is 0.156 e. The number of hydrogen-bond donors (Lipinski definition) is 0. The van der Waals surface area contributed by atoms with Crippen molar-refractivity contribution in [3.63, 3.8) is 0 Å². The molecule has 0 saturated carbocycles. The van der Waals surface area contributed by atoms with Gasteiger partial charge in [-0.25, -0.2) is 4.39 Å². The van der Waals surface area contributed by atoms with Gasteiger partial charge in [0.25, 0.3) is 0 Å². The molecule has 0 heterocycles. The van der Waals surface area contributed by atoms with Crippen LogP contribution in [0, 0.1) is 11.7 Å². The number of rotatable bonds is 1. The molecule has 18 heavy (non-hydrogen) atoms. The number of halogens is 1. The molecule has 0 aromatic heterocycles. The van der Waals surface area contributed by atoms with Gasteiger partial charge in [-0.3, -0.25) is 4.79 Å². The lowest BCUT2D eigenvalue weighted by molar-refractivity contribution is -0.115. The Hall–Kier alpha value is -1.96. The zero-order valence-electron chi connectivity index (χ0n) is 9.90. The summed E-state index contributed by atoms with van der Waals surface area (Å²) >= 11 is 0. The fraction of sp³-hybridized carbons (Fsp3) is 0.188. The minimum Gasteiger partial charge on any atom is -0.295 e. The number of carbonyl (C=O) groups is 1. The summed E-state index contributed by atoms with van der Waals surface area (Å²) in [7, 11) is 0. The zero-order valence-corrected chi connectivity index (χ0v) is 9.90. The third-order valence-corrected chi connectivity index (χ3v) is 3.47. The van der Waals surface area contributed by atoms with Gasteiger partial charge < -0.3 is 0 Å². The van der Waals surface area contributed by atoms with Crippen LogP contribution in [0.3, 0.4) is 0 Å². The lowest BCUT2D eigenvalue weighted by Crippen LogP contribution is -2.15. The number of hydrogen-bond acceptors (Lipinski definition) is 1. The lowest BCUT2D eigenvalue weighted by Gasteiger charge is -2.25. The predicted molar refractivity (Wildman–Crippen MR) is 69.3 cm³/mol. The Labute approximate surface area is 105 Å². The molecule has 0 spiro atoms. The smallest absolute Gasteiger partial charge is 0.156 e. The minimum atomic E-state index is -0.248. The first-order valence-electron chi connectivity index (χ1n) is 6.13. The largest absolute Gasteiger partial charge is 0.295 e. The van der Waals surface area contributed by atoms with Crippen molar-refractivity contribution in [1.29, 1.82) is 0 Å². The van der Waals surface area contributed by atoms with Crippen molar-refractivity contribution in [3.05, 3.63) is 65.5 Å². The van der Waals surface area contributed by atoms with Crippen LogP contribution in [-0.4, -0.2) is 5.78 Å². The van der Waals surface area contributed by atoms with Crippen molar-refractivity contribution < 1.29 is 9.18 Å². The van der Waals surface area contributed by atoms with E-state index in [2.05, 4.69) is 6.08 Å². The van der Waals surface area contributed by atoms with Gasteiger partial charge in [0.1, 0.15) is 5.82 Å². The molecule has 2 aliphatic rings. The van der Waals surface area contributed by atoms with Gasteiger partial charge in [0.2, 0.25) is 0 Å². The third-order valence-electron chi connectivity index (χ3n) is 3.47. The highest BCUT2D eigenvalue weighted by Crippen LogP contribution is 2.37. The number of ketones is 1. The van der Waals surface area contributed by atoms with E-state index >= 15 is 0 Å². The molecule has 0 radical (unpaired) electrons. The maximum absolute atomic E-state index is 13.3. The molecular formula is C16H13FO. The molecule has 1 aromatic rings. The predicted octanol–water partition coefficient (Wildman–Crippen LogP) is 3.68. The molecule has 0 aliphatic heterocycles. The lowest BCUT2D eigenvalue weighted by atomic mass is 9.78. The van der Waals surface area contributed by atoms with Crippen LogP contribution in [-0.2, 0) is 4.79 Å². The van der Waals surface area contributed by atoms with Crippen molar-refractivity contribution >= 4 is 11.4 Å². The van der Waals surface area contributed by atoms with Crippen LogP contribution >= 0.6 is 0 Å². The highest BCUT2D eigenvalue weighted by molar-refractivity contribution is 5.97. The second kappa shape index (κ2) is 4.37. The van der Waals surface area contributed by atoms with Crippen LogP contribution < -0.4 is 0 Å². The van der Waals surface area contributed by atoms with Crippen molar-refractivity contribution in [1.82, 2.24) is 0 Å². The molecule has 2 aliphatic carbocycles. The summed E-state index contributed by atoms with van der Waals surface area (Å²) < 4.78 is 13.3. The quantitative estimate of drug-likeness (QED) is 0.731. The Balaban J connectivity index is 2.08. The Morgan fingerprint density at radius 2 is 2.17 bits per heavy atom. The first kappa shape index (κ1) is 11.1. The van der Waals surface area contributed by atoms with Crippen LogP contribution in [0.1, 0.15) is 18.4 Å². The van der Waals surface area contributed by atoms with E-state index in [4.69, 9.17) is 0 Å². The molecule has 0 saturated heterocycles. The average Bonchev–Trinajstić information content (AvgIpc) is 2.38. The molecule has 90 valence electrons. The number of benzene rings is 1. The molecule has 1 aromatic carbocycles. The van der Waals surface area contributed by atoms with E-state index < -0.39 is 0 Å². The monoisotopic (exact) mass is 240 g/mol. The first-order chi connectivity index (χ1) is 8.74. The van der Waals surface area contributed by atoms with E-state index in [0.717, 1.165) is 23.1 Å². The summed E-state index contributed by atoms with van der Waals surface area (Å²) in [6.07, 6.45) is 9.24. The van der Waals surface area contributed by atoms with E-state index in [1.807, 2.05) is 18.2 Å². The van der Waals surface area contributed by atoms with Crippen LogP contribution in [0.15, 0.2) is 54.1 Å². The van der Waals surface area contributed by atoms with Gasteiger partial charge >= 0.3 is 0 Å². The first-order valence-corrected chi connectivity index (χ1v) is 6.13. The maximum atomic E-state index is 13.3. The van der Waals surface area contributed by atoms with Crippen molar-refractivity contribution in [3.8, 4) is 0 Å². The molecule has 2 heteroatoms. The van der Waals surface area contributed by atoms with Gasteiger partial charge in [-0.1, -0.05) is 30.4 Å². The van der Waals surface area contributed by atoms with Gasteiger partial charge in [-0.2, -0.15) is 0 Å². The summed E-state index contributed by atoms with van der Waals surface area (Å²) in [5.74, 6) is 0.215. The van der Waals surface area contributed by atoms with Crippen LogP contribution in [0.25, 0.3) is 5.57 Å². The molecule has 0 amide bonds. The highest BCUT2D eigenvalue weighted by atomic mass is 19.1. The Kier molecular flexibility index (Phi) is 2.71. The molecule has 3 rings (SSSR count). The molecule has 0 fully saturated rings. The van der Waals surface area contributed by atoms with Gasteiger partial charge in [0.15, 0.2) is 5.78 Å². The molecule has 1 nitrogen and oxygen atoms in total. The summed E-state index contributed by atoms with van der Waals surface area (Å²) in [6.45, 7) is 0.